The van der Waals surface area contributed by atoms with E-state index in [1.54, 1.807) is 0 Å². The third kappa shape index (κ3) is 3.93. The number of amides is 1. The summed E-state index contributed by atoms with van der Waals surface area (Å²) in [5.41, 5.74) is 0. The van der Waals surface area contributed by atoms with Crippen LogP contribution in [0.25, 0.3) is 0 Å². The lowest BCUT2D eigenvalue weighted by Crippen LogP contribution is -2.41. The smallest absolute Gasteiger partial charge is 0.236 e. The number of hydrogen-bond acceptors (Lipinski definition) is 4. The predicted molar refractivity (Wildman–Crippen MR) is 79.5 cm³/mol. The average Bonchev–Trinajstić information content (AvgIpc) is 2.71. The second-order valence-electron chi connectivity index (χ2n) is 6.46. The zero-order valence-electron chi connectivity index (χ0n) is 12.9. The van der Waals surface area contributed by atoms with Gasteiger partial charge in [0, 0.05) is 31.7 Å². The van der Waals surface area contributed by atoms with E-state index in [0.717, 1.165) is 19.6 Å². The van der Waals surface area contributed by atoms with Gasteiger partial charge in [0.1, 0.15) is 0 Å². The van der Waals surface area contributed by atoms with Crippen molar-refractivity contribution in [3.63, 3.8) is 0 Å². The molecule has 116 valence electrons. The molecule has 0 bridgehead atoms. The van der Waals surface area contributed by atoms with Gasteiger partial charge < -0.3 is 14.9 Å². The van der Waals surface area contributed by atoms with Crippen molar-refractivity contribution in [2.75, 3.05) is 53.4 Å². The summed E-state index contributed by atoms with van der Waals surface area (Å²) in [6, 6.07) is 0.285. The topological polar surface area (TPSA) is 47.0 Å². The van der Waals surface area contributed by atoms with Crippen LogP contribution in [0.2, 0.25) is 0 Å². The third-order valence-corrected chi connectivity index (χ3v) is 4.71. The van der Waals surface area contributed by atoms with Crippen molar-refractivity contribution in [2.45, 2.75) is 31.7 Å². The molecule has 0 aliphatic carbocycles. The van der Waals surface area contributed by atoms with E-state index >= 15 is 0 Å². The van der Waals surface area contributed by atoms with E-state index in [1.807, 2.05) is 19.0 Å². The van der Waals surface area contributed by atoms with Crippen LogP contribution in [0.4, 0.5) is 0 Å². The molecule has 2 fully saturated rings. The van der Waals surface area contributed by atoms with Crippen LogP contribution < -0.4 is 0 Å². The van der Waals surface area contributed by atoms with Crippen LogP contribution in [0.3, 0.4) is 0 Å². The number of nitrogens with zero attached hydrogens (tertiary/aromatic N) is 3. The van der Waals surface area contributed by atoms with Crippen molar-refractivity contribution in [3.05, 3.63) is 0 Å². The van der Waals surface area contributed by atoms with Gasteiger partial charge in [-0.1, -0.05) is 12.8 Å². The minimum Gasteiger partial charge on any atom is -0.396 e. The molecule has 5 nitrogen and oxygen atoms in total. The molecule has 1 N–H and O–H groups in total. The summed E-state index contributed by atoms with van der Waals surface area (Å²) < 4.78 is 0. The fourth-order valence-electron chi connectivity index (χ4n) is 3.41. The molecule has 0 aromatic rings. The van der Waals surface area contributed by atoms with Gasteiger partial charge in [-0.3, -0.25) is 9.69 Å². The first-order valence-corrected chi connectivity index (χ1v) is 7.89. The molecule has 0 radical (unpaired) electrons. The minimum absolute atomic E-state index is 0.163. The Morgan fingerprint density at radius 3 is 2.30 bits per heavy atom. The Balaban J connectivity index is 1.86. The molecule has 1 amide bonds. The van der Waals surface area contributed by atoms with Crippen LogP contribution >= 0.6 is 0 Å². The van der Waals surface area contributed by atoms with Gasteiger partial charge in [-0.15, -0.1) is 0 Å². The molecular formula is C15H29N3O2. The summed E-state index contributed by atoms with van der Waals surface area (Å²) in [6.07, 6.45) is 5.02. The zero-order chi connectivity index (χ0) is 14.5. The molecule has 5 heteroatoms. The van der Waals surface area contributed by atoms with Gasteiger partial charge in [0.05, 0.1) is 6.54 Å². The Bertz CT molecular complexity index is 314. The van der Waals surface area contributed by atoms with Crippen LogP contribution in [0.5, 0.6) is 0 Å². The standard InChI is InChI=1S/C15H29N3O2/c1-16(2)14-10-18(9-13(14)12-19)15(20)11-17-7-5-3-4-6-8-17/h13-14,19H,3-12H2,1-2H3/t13-,14+/m0/s1. The first-order valence-electron chi connectivity index (χ1n) is 7.89. The molecule has 2 aliphatic heterocycles. The zero-order valence-corrected chi connectivity index (χ0v) is 12.9. The van der Waals surface area contributed by atoms with E-state index < -0.39 is 0 Å². The lowest BCUT2D eigenvalue weighted by Gasteiger charge is -2.24. The Kier molecular flexibility index (Phi) is 5.81. The molecule has 2 heterocycles. The Hall–Kier alpha value is -0.650. The molecule has 2 atom stereocenters. The molecule has 20 heavy (non-hydrogen) atoms. The SMILES string of the molecule is CN(C)[C@@H]1CN(C(=O)CN2CCCCCC2)C[C@H]1CO. The number of aliphatic hydroxyl groups is 1. The van der Waals surface area contributed by atoms with Gasteiger partial charge >= 0.3 is 0 Å². The van der Waals surface area contributed by atoms with Crippen LogP contribution in [0.15, 0.2) is 0 Å². The highest BCUT2D eigenvalue weighted by Crippen LogP contribution is 2.20. The van der Waals surface area contributed by atoms with E-state index in [4.69, 9.17) is 0 Å². The van der Waals surface area contributed by atoms with Gasteiger partial charge in [0.15, 0.2) is 0 Å². The number of likely N-dealkylation sites (tertiary alicyclic amines) is 2. The number of hydrogen-bond donors (Lipinski definition) is 1. The summed E-state index contributed by atoms with van der Waals surface area (Å²) in [5.74, 6) is 0.424. The van der Waals surface area contributed by atoms with Crippen molar-refractivity contribution in [1.29, 1.82) is 0 Å². The van der Waals surface area contributed by atoms with Crippen LogP contribution in [0.1, 0.15) is 25.7 Å². The largest absolute Gasteiger partial charge is 0.396 e. The maximum atomic E-state index is 12.4. The van der Waals surface area contributed by atoms with Crippen molar-refractivity contribution in [3.8, 4) is 0 Å². The van der Waals surface area contributed by atoms with Gasteiger partial charge in [-0.05, 0) is 40.0 Å². The monoisotopic (exact) mass is 283 g/mol. The molecule has 0 aromatic carbocycles. The van der Waals surface area contributed by atoms with Gasteiger partial charge in [-0.25, -0.2) is 0 Å². The summed E-state index contributed by atoms with van der Waals surface area (Å²) >= 11 is 0. The molecule has 2 rings (SSSR count). The Morgan fingerprint density at radius 1 is 1.15 bits per heavy atom. The fraction of sp³-hybridized carbons (Fsp3) is 0.933. The van der Waals surface area contributed by atoms with E-state index in [0.29, 0.717) is 13.1 Å². The fourth-order valence-corrected chi connectivity index (χ4v) is 3.41. The molecule has 2 saturated heterocycles. The number of aliphatic hydroxyl groups excluding tert-OH is 1. The molecule has 0 aromatic heterocycles. The molecule has 2 aliphatic rings. The highest BCUT2D eigenvalue weighted by Gasteiger charge is 2.36. The van der Waals surface area contributed by atoms with Gasteiger partial charge in [-0.2, -0.15) is 0 Å². The van der Waals surface area contributed by atoms with Crippen molar-refractivity contribution in [1.82, 2.24) is 14.7 Å². The lowest BCUT2D eigenvalue weighted by atomic mass is 10.0. The van der Waals surface area contributed by atoms with E-state index in [1.165, 1.54) is 25.7 Å². The van der Waals surface area contributed by atoms with Crippen LogP contribution in [0, 0.1) is 5.92 Å². The lowest BCUT2D eigenvalue weighted by molar-refractivity contribution is -0.131. The number of likely N-dealkylation sites (N-methyl/N-ethyl adjacent to an activating group) is 1. The Labute approximate surface area is 122 Å². The minimum atomic E-state index is 0.163. The van der Waals surface area contributed by atoms with Crippen LogP contribution in [-0.2, 0) is 4.79 Å². The van der Waals surface area contributed by atoms with Crippen LogP contribution in [-0.4, -0.2) is 85.2 Å². The summed E-state index contributed by atoms with van der Waals surface area (Å²) in [4.78, 5) is 18.8. The maximum Gasteiger partial charge on any atom is 0.236 e. The van der Waals surface area contributed by atoms with Crippen molar-refractivity contribution < 1.29 is 9.90 Å². The first kappa shape index (κ1) is 15.7. The number of carbonyl (C=O) groups excluding carboxylic acids is 1. The normalized spacial score (nSPS) is 28.9. The summed E-state index contributed by atoms with van der Waals surface area (Å²) in [6.45, 7) is 4.28. The highest BCUT2D eigenvalue weighted by molar-refractivity contribution is 5.78. The molecular weight excluding hydrogens is 254 g/mol. The quantitative estimate of drug-likeness (QED) is 0.803. The van der Waals surface area contributed by atoms with Crippen molar-refractivity contribution in [2.24, 2.45) is 5.92 Å². The van der Waals surface area contributed by atoms with E-state index in [-0.39, 0.29) is 24.5 Å². The average molecular weight is 283 g/mol. The second-order valence-corrected chi connectivity index (χ2v) is 6.46. The van der Waals surface area contributed by atoms with E-state index in [9.17, 15) is 9.90 Å². The predicted octanol–water partition coefficient (Wildman–Crippen LogP) is 0.243. The first-order chi connectivity index (χ1) is 9.61. The second kappa shape index (κ2) is 7.38. The van der Waals surface area contributed by atoms with Crippen molar-refractivity contribution >= 4 is 5.91 Å². The van der Waals surface area contributed by atoms with E-state index in [2.05, 4.69) is 9.80 Å². The molecule has 0 saturated carbocycles. The van der Waals surface area contributed by atoms with Gasteiger partial charge in [0.25, 0.3) is 0 Å². The third-order valence-electron chi connectivity index (χ3n) is 4.71. The maximum absolute atomic E-state index is 12.4. The summed E-state index contributed by atoms with van der Waals surface area (Å²) in [7, 11) is 4.05. The Morgan fingerprint density at radius 2 is 1.80 bits per heavy atom. The molecule has 0 unspecified atom stereocenters. The highest BCUT2D eigenvalue weighted by atomic mass is 16.3. The number of rotatable bonds is 4. The molecule has 0 spiro atoms. The van der Waals surface area contributed by atoms with Gasteiger partial charge in [0.2, 0.25) is 5.91 Å². The summed E-state index contributed by atoms with van der Waals surface area (Å²) in [5, 5.41) is 9.47. The number of carbonyl (C=O) groups is 1.